The van der Waals surface area contributed by atoms with Gasteiger partial charge in [-0.1, -0.05) is 24.3 Å². The summed E-state index contributed by atoms with van der Waals surface area (Å²) in [5, 5.41) is 3.46. The summed E-state index contributed by atoms with van der Waals surface area (Å²) in [5.74, 6) is 1.70. The van der Waals surface area contributed by atoms with E-state index in [0.717, 1.165) is 30.2 Å². The summed E-state index contributed by atoms with van der Waals surface area (Å²) >= 11 is 0. The summed E-state index contributed by atoms with van der Waals surface area (Å²) in [5.41, 5.74) is 3.62. The Morgan fingerprint density at radius 2 is 1.90 bits per heavy atom. The van der Waals surface area contributed by atoms with Gasteiger partial charge in [-0.3, -0.25) is 0 Å². The van der Waals surface area contributed by atoms with Crippen molar-refractivity contribution in [2.24, 2.45) is 0 Å². The van der Waals surface area contributed by atoms with Crippen LogP contribution in [-0.2, 0) is 13.1 Å². The maximum Gasteiger partial charge on any atom is 0.231 e. The molecule has 0 spiro atoms. The molecule has 0 unspecified atom stereocenters. The lowest BCUT2D eigenvalue weighted by molar-refractivity contribution is 0.173. The third-order valence-corrected chi connectivity index (χ3v) is 3.55. The fourth-order valence-electron chi connectivity index (χ4n) is 2.42. The Morgan fingerprint density at radius 1 is 1.05 bits per heavy atom. The molecule has 0 fully saturated rings. The second-order valence-electron chi connectivity index (χ2n) is 5.32. The van der Waals surface area contributed by atoms with E-state index in [1.54, 1.807) is 0 Å². The van der Waals surface area contributed by atoms with Crippen molar-refractivity contribution >= 4 is 5.69 Å². The summed E-state index contributed by atoms with van der Waals surface area (Å²) in [7, 11) is 4.11. The second-order valence-corrected chi connectivity index (χ2v) is 5.32. The van der Waals surface area contributed by atoms with E-state index in [1.807, 2.05) is 12.1 Å². The number of para-hydroxylation sites is 1. The molecule has 1 aliphatic rings. The van der Waals surface area contributed by atoms with Crippen LogP contribution < -0.4 is 19.7 Å². The molecule has 0 aromatic heterocycles. The molecule has 0 saturated heterocycles. The highest BCUT2D eigenvalue weighted by Crippen LogP contribution is 2.35. The minimum absolute atomic E-state index is 0.317. The summed E-state index contributed by atoms with van der Waals surface area (Å²) in [6, 6.07) is 14.5. The Balaban J connectivity index is 1.62. The standard InChI is InChI=1S/C17H20N2O2/c1-19(2)15-7-3-5-13(9-15)10-18-11-14-6-4-8-16-17(14)21-12-20-16/h3-9,18H,10-12H2,1-2H3. The van der Waals surface area contributed by atoms with Crippen molar-refractivity contribution in [2.75, 3.05) is 25.8 Å². The summed E-state index contributed by atoms with van der Waals surface area (Å²) in [6.45, 7) is 1.90. The molecule has 0 aliphatic carbocycles. The number of fused-ring (bicyclic) bond motifs is 1. The molecule has 1 aliphatic heterocycles. The Hall–Kier alpha value is -2.20. The van der Waals surface area contributed by atoms with Crippen LogP contribution in [0.4, 0.5) is 5.69 Å². The molecule has 1 heterocycles. The first-order valence-corrected chi connectivity index (χ1v) is 7.08. The predicted molar refractivity (Wildman–Crippen MR) is 83.9 cm³/mol. The van der Waals surface area contributed by atoms with Crippen LogP contribution in [0.1, 0.15) is 11.1 Å². The zero-order chi connectivity index (χ0) is 14.7. The lowest BCUT2D eigenvalue weighted by Crippen LogP contribution is -2.14. The average Bonchev–Trinajstić information content (AvgIpc) is 2.97. The van der Waals surface area contributed by atoms with Crippen molar-refractivity contribution < 1.29 is 9.47 Å². The van der Waals surface area contributed by atoms with Crippen molar-refractivity contribution in [1.29, 1.82) is 0 Å². The normalized spacial score (nSPS) is 12.5. The first kappa shape index (κ1) is 13.8. The smallest absolute Gasteiger partial charge is 0.231 e. The number of nitrogens with zero attached hydrogens (tertiary/aromatic N) is 1. The zero-order valence-corrected chi connectivity index (χ0v) is 12.4. The molecule has 0 saturated carbocycles. The van der Waals surface area contributed by atoms with Crippen LogP contribution in [0.2, 0.25) is 0 Å². The summed E-state index contributed by atoms with van der Waals surface area (Å²) < 4.78 is 10.9. The number of nitrogens with one attached hydrogen (secondary N) is 1. The van der Waals surface area contributed by atoms with Crippen molar-refractivity contribution in [2.45, 2.75) is 13.1 Å². The van der Waals surface area contributed by atoms with Crippen LogP contribution in [-0.4, -0.2) is 20.9 Å². The molecule has 4 nitrogen and oxygen atoms in total. The molecular weight excluding hydrogens is 264 g/mol. The molecule has 2 aromatic rings. The number of hydrogen-bond donors (Lipinski definition) is 1. The van der Waals surface area contributed by atoms with Crippen molar-refractivity contribution in [3.8, 4) is 11.5 Å². The monoisotopic (exact) mass is 284 g/mol. The highest BCUT2D eigenvalue weighted by atomic mass is 16.7. The van der Waals surface area contributed by atoms with E-state index in [1.165, 1.54) is 11.3 Å². The van der Waals surface area contributed by atoms with Gasteiger partial charge in [-0.15, -0.1) is 0 Å². The number of rotatable bonds is 5. The average molecular weight is 284 g/mol. The lowest BCUT2D eigenvalue weighted by Gasteiger charge is -2.14. The van der Waals surface area contributed by atoms with Crippen LogP contribution in [0.25, 0.3) is 0 Å². The number of ether oxygens (including phenoxy) is 2. The van der Waals surface area contributed by atoms with Gasteiger partial charge in [0.1, 0.15) is 0 Å². The van der Waals surface area contributed by atoms with Crippen molar-refractivity contribution in [3.63, 3.8) is 0 Å². The molecule has 2 aromatic carbocycles. The first-order chi connectivity index (χ1) is 10.2. The van der Waals surface area contributed by atoms with Gasteiger partial charge in [-0.25, -0.2) is 0 Å². The Morgan fingerprint density at radius 3 is 2.76 bits per heavy atom. The van der Waals surface area contributed by atoms with Crippen molar-refractivity contribution in [3.05, 3.63) is 53.6 Å². The molecule has 0 bridgehead atoms. The molecule has 21 heavy (non-hydrogen) atoms. The summed E-state index contributed by atoms with van der Waals surface area (Å²) in [6.07, 6.45) is 0. The molecule has 110 valence electrons. The quantitative estimate of drug-likeness (QED) is 0.915. The van der Waals surface area contributed by atoms with Crippen LogP contribution in [0.5, 0.6) is 11.5 Å². The van der Waals surface area contributed by atoms with Crippen LogP contribution >= 0.6 is 0 Å². The van der Waals surface area contributed by atoms with E-state index in [4.69, 9.17) is 9.47 Å². The molecule has 3 rings (SSSR count). The van der Waals surface area contributed by atoms with E-state index in [2.05, 4.69) is 54.6 Å². The predicted octanol–water partition coefficient (Wildman–Crippen LogP) is 2.77. The molecule has 0 atom stereocenters. The molecule has 1 N–H and O–H groups in total. The van der Waals surface area contributed by atoms with Crippen LogP contribution in [0.3, 0.4) is 0 Å². The minimum atomic E-state index is 0.317. The van der Waals surface area contributed by atoms with Gasteiger partial charge >= 0.3 is 0 Å². The minimum Gasteiger partial charge on any atom is -0.454 e. The Labute approximate surface area is 125 Å². The first-order valence-electron chi connectivity index (χ1n) is 7.08. The molecule has 4 heteroatoms. The SMILES string of the molecule is CN(C)c1cccc(CNCc2cccc3c2OCO3)c1. The van der Waals surface area contributed by atoms with Gasteiger partial charge in [-0.2, -0.15) is 0 Å². The molecule has 0 amide bonds. The largest absolute Gasteiger partial charge is 0.454 e. The highest BCUT2D eigenvalue weighted by molar-refractivity contribution is 5.48. The third-order valence-electron chi connectivity index (χ3n) is 3.55. The maximum absolute atomic E-state index is 5.51. The van der Waals surface area contributed by atoms with E-state index in [9.17, 15) is 0 Å². The van der Waals surface area contributed by atoms with Gasteiger partial charge in [0.05, 0.1) is 0 Å². The number of benzene rings is 2. The van der Waals surface area contributed by atoms with E-state index < -0.39 is 0 Å². The van der Waals surface area contributed by atoms with Gasteiger partial charge in [0.2, 0.25) is 6.79 Å². The second kappa shape index (κ2) is 6.06. The highest BCUT2D eigenvalue weighted by Gasteiger charge is 2.16. The van der Waals surface area contributed by atoms with E-state index >= 15 is 0 Å². The van der Waals surface area contributed by atoms with Gasteiger partial charge < -0.3 is 19.7 Å². The van der Waals surface area contributed by atoms with Gasteiger partial charge in [0.15, 0.2) is 11.5 Å². The maximum atomic E-state index is 5.51. The van der Waals surface area contributed by atoms with Crippen LogP contribution in [0.15, 0.2) is 42.5 Å². The topological polar surface area (TPSA) is 33.7 Å². The summed E-state index contributed by atoms with van der Waals surface area (Å²) in [4.78, 5) is 2.11. The Kier molecular flexibility index (Phi) is 3.97. The van der Waals surface area contributed by atoms with Gasteiger partial charge in [-0.05, 0) is 23.8 Å². The number of anilines is 1. The fourth-order valence-corrected chi connectivity index (χ4v) is 2.42. The van der Waals surface area contributed by atoms with Gasteiger partial charge in [0.25, 0.3) is 0 Å². The Bertz CT molecular complexity index is 626. The van der Waals surface area contributed by atoms with E-state index in [0.29, 0.717) is 6.79 Å². The van der Waals surface area contributed by atoms with E-state index in [-0.39, 0.29) is 0 Å². The van der Waals surface area contributed by atoms with Crippen LogP contribution in [0, 0.1) is 0 Å². The third kappa shape index (κ3) is 3.11. The number of hydrogen-bond acceptors (Lipinski definition) is 4. The fraction of sp³-hybridized carbons (Fsp3) is 0.294. The van der Waals surface area contributed by atoms with Crippen molar-refractivity contribution in [1.82, 2.24) is 5.32 Å². The molecular formula is C17H20N2O2. The van der Waals surface area contributed by atoms with Gasteiger partial charge in [0, 0.05) is 38.4 Å². The zero-order valence-electron chi connectivity index (χ0n) is 12.4. The molecule has 0 radical (unpaired) electrons. The lowest BCUT2D eigenvalue weighted by atomic mass is 10.1.